The van der Waals surface area contributed by atoms with Gasteiger partial charge in [0, 0.05) is 30.7 Å². The first-order chi connectivity index (χ1) is 11.8. The van der Waals surface area contributed by atoms with Gasteiger partial charge in [0.2, 0.25) is 0 Å². The maximum absolute atomic E-state index is 12.5. The average molecular weight is 319 g/mol. The van der Waals surface area contributed by atoms with Crippen molar-refractivity contribution in [2.75, 3.05) is 13.1 Å². The molecule has 0 radical (unpaired) electrons. The molecular weight excluding hydrogens is 302 g/mol. The standard InChI is InChI=1S/C19H17N3O2/c23-19(16-7-1-2-10-20-16)22-12-9-15(13-22)24-17-8-3-5-14-6-4-11-21-18(14)17/h1-8,10-11,15H,9,12-13H2/t15-/m1/s1. The van der Waals surface area contributed by atoms with Crippen LogP contribution < -0.4 is 4.74 Å². The van der Waals surface area contributed by atoms with Gasteiger partial charge in [-0.05, 0) is 24.3 Å². The van der Waals surface area contributed by atoms with Gasteiger partial charge in [-0.15, -0.1) is 0 Å². The summed E-state index contributed by atoms with van der Waals surface area (Å²) in [6, 6.07) is 15.2. The third-order valence-electron chi connectivity index (χ3n) is 4.21. The first kappa shape index (κ1) is 14.6. The lowest BCUT2D eigenvalue weighted by Gasteiger charge is -2.17. The maximum atomic E-state index is 12.5. The molecule has 120 valence electrons. The van der Waals surface area contributed by atoms with Crippen molar-refractivity contribution in [1.82, 2.24) is 14.9 Å². The molecule has 3 aromatic rings. The number of amides is 1. The molecule has 3 heterocycles. The number of ether oxygens (including phenoxy) is 1. The molecule has 4 rings (SSSR count). The van der Waals surface area contributed by atoms with Crippen molar-refractivity contribution in [1.29, 1.82) is 0 Å². The molecule has 1 atom stereocenters. The number of aromatic nitrogens is 2. The van der Waals surface area contributed by atoms with E-state index in [1.54, 1.807) is 29.4 Å². The highest BCUT2D eigenvalue weighted by atomic mass is 16.5. The van der Waals surface area contributed by atoms with Crippen LogP contribution in [0.2, 0.25) is 0 Å². The zero-order chi connectivity index (χ0) is 16.4. The van der Waals surface area contributed by atoms with E-state index in [-0.39, 0.29) is 12.0 Å². The summed E-state index contributed by atoms with van der Waals surface area (Å²) in [6.07, 6.45) is 4.19. The second kappa shape index (κ2) is 6.28. The molecule has 0 aliphatic carbocycles. The molecule has 2 aromatic heterocycles. The van der Waals surface area contributed by atoms with E-state index in [2.05, 4.69) is 9.97 Å². The lowest BCUT2D eigenvalue weighted by molar-refractivity contribution is 0.0767. The van der Waals surface area contributed by atoms with Crippen molar-refractivity contribution in [3.63, 3.8) is 0 Å². The highest BCUT2D eigenvalue weighted by Crippen LogP contribution is 2.26. The van der Waals surface area contributed by atoms with Gasteiger partial charge in [-0.2, -0.15) is 0 Å². The van der Waals surface area contributed by atoms with Crippen molar-refractivity contribution < 1.29 is 9.53 Å². The third kappa shape index (κ3) is 2.80. The van der Waals surface area contributed by atoms with E-state index in [4.69, 9.17) is 4.74 Å². The lowest BCUT2D eigenvalue weighted by Crippen LogP contribution is -2.31. The quantitative estimate of drug-likeness (QED) is 0.745. The summed E-state index contributed by atoms with van der Waals surface area (Å²) in [5, 5.41) is 1.05. The number of carbonyl (C=O) groups excluding carboxylic acids is 1. The SMILES string of the molecule is O=C(c1ccccn1)N1CC[C@@H](Oc2cccc3cccnc23)C1. The Hall–Kier alpha value is -2.95. The molecule has 0 bridgehead atoms. The first-order valence-electron chi connectivity index (χ1n) is 8.02. The molecule has 0 spiro atoms. The minimum atomic E-state index is -0.0438. The summed E-state index contributed by atoms with van der Waals surface area (Å²) in [5.74, 6) is 0.725. The van der Waals surface area contributed by atoms with E-state index in [1.807, 2.05) is 36.4 Å². The van der Waals surface area contributed by atoms with Crippen LogP contribution in [0.1, 0.15) is 16.9 Å². The number of para-hydroxylation sites is 1. The summed E-state index contributed by atoms with van der Waals surface area (Å²) in [7, 11) is 0. The second-order valence-corrected chi connectivity index (χ2v) is 5.83. The molecule has 0 N–H and O–H groups in total. The van der Waals surface area contributed by atoms with E-state index >= 15 is 0 Å². The van der Waals surface area contributed by atoms with Crippen molar-refractivity contribution in [2.45, 2.75) is 12.5 Å². The van der Waals surface area contributed by atoms with Gasteiger partial charge in [0.25, 0.3) is 5.91 Å². The molecule has 24 heavy (non-hydrogen) atoms. The van der Waals surface area contributed by atoms with Crippen LogP contribution in [0, 0.1) is 0 Å². The van der Waals surface area contributed by atoms with Crippen molar-refractivity contribution in [3.8, 4) is 5.75 Å². The Bertz CT molecular complexity index is 861. The molecule has 5 heteroatoms. The third-order valence-corrected chi connectivity index (χ3v) is 4.21. The molecule has 1 aliphatic rings. The van der Waals surface area contributed by atoms with Gasteiger partial charge in [0.15, 0.2) is 0 Å². The van der Waals surface area contributed by atoms with E-state index in [1.165, 1.54) is 0 Å². The number of hydrogen-bond donors (Lipinski definition) is 0. The fourth-order valence-corrected chi connectivity index (χ4v) is 3.01. The first-order valence-corrected chi connectivity index (χ1v) is 8.02. The minimum absolute atomic E-state index is 0.0229. The molecule has 5 nitrogen and oxygen atoms in total. The number of nitrogens with zero attached hydrogens (tertiary/aromatic N) is 3. The summed E-state index contributed by atoms with van der Waals surface area (Å²) in [5.41, 5.74) is 1.33. The highest BCUT2D eigenvalue weighted by molar-refractivity contribution is 5.92. The molecule has 1 fully saturated rings. The lowest BCUT2D eigenvalue weighted by atomic mass is 10.2. The van der Waals surface area contributed by atoms with Gasteiger partial charge in [0.05, 0.1) is 6.54 Å². The van der Waals surface area contributed by atoms with Crippen LogP contribution in [-0.2, 0) is 0 Å². The van der Waals surface area contributed by atoms with E-state index in [9.17, 15) is 4.79 Å². The van der Waals surface area contributed by atoms with Gasteiger partial charge in [-0.25, -0.2) is 0 Å². The van der Waals surface area contributed by atoms with Gasteiger partial charge in [0.1, 0.15) is 23.1 Å². The monoisotopic (exact) mass is 319 g/mol. The fraction of sp³-hybridized carbons (Fsp3) is 0.211. The van der Waals surface area contributed by atoms with Gasteiger partial charge in [-0.1, -0.05) is 24.3 Å². The minimum Gasteiger partial charge on any atom is -0.486 e. The van der Waals surface area contributed by atoms with Crippen LogP contribution >= 0.6 is 0 Å². The number of fused-ring (bicyclic) bond motifs is 1. The summed E-state index contributed by atoms with van der Waals surface area (Å²) in [4.78, 5) is 22.8. The van der Waals surface area contributed by atoms with E-state index < -0.39 is 0 Å². The molecular formula is C19H17N3O2. The van der Waals surface area contributed by atoms with Crippen LogP contribution in [0.15, 0.2) is 60.9 Å². The zero-order valence-electron chi connectivity index (χ0n) is 13.1. The largest absolute Gasteiger partial charge is 0.486 e. The smallest absolute Gasteiger partial charge is 0.272 e. The number of pyridine rings is 2. The number of carbonyl (C=O) groups is 1. The summed E-state index contributed by atoms with van der Waals surface area (Å²) < 4.78 is 6.13. The van der Waals surface area contributed by atoms with Crippen LogP contribution in [0.25, 0.3) is 10.9 Å². The van der Waals surface area contributed by atoms with Crippen molar-refractivity contribution in [2.24, 2.45) is 0 Å². The van der Waals surface area contributed by atoms with Crippen LogP contribution in [0.4, 0.5) is 0 Å². The molecule has 1 aromatic carbocycles. The Morgan fingerprint density at radius 3 is 2.79 bits per heavy atom. The zero-order valence-corrected chi connectivity index (χ0v) is 13.1. The Morgan fingerprint density at radius 1 is 1.04 bits per heavy atom. The Kier molecular flexibility index (Phi) is 3.83. The Labute approximate surface area is 139 Å². The van der Waals surface area contributed by atoms with E-state index in [0.717, 1.165) is 23.1 Å². The second-order valence-electron chi connectivity index (χ2n) is 5.83. The highest BCUT2D eigenvalue weighted by Gasteiger charge is 2.29. The van der Waals surface area contributed by atoms with Crippen LogP contribution in [0.3, 0.4) is 0 Å². The van der Waals surface area contributed by atoms with Gasteiger partial charge < -0.3 is 9.64 Å². The summed E-state index contributed by atoms with van der Waals surface area (Å²) in [6.45, 7) is 1.25. The number of benzene rings is 1. The van der Waals surface area contributed by atoms with Crippen molar-refractivity contribution in [3.05, 3.63) is 66.6 Å². The number of rotatable bonds is 3. The fourth-order valence-electron chi connectivity index (χ4n) is 3.01. The van der Waals surface area contributed by atoms with Gasteiger partial charge >= 0.3 is 0 Å². The van der Waals surface area contributed by atoms with Crippen LogP contribution in [0.5, 0.6) is 5.75 Å². The average Bonchev–Trinajstić information content (AvgIpc) is 3.11. The topological polar surface area (TPSA) is 55.3 Å². The Balaban J connectivity index is 1.48. The molecule has 0 unspecified atom stereocenters. The van der Waals surface area contributed by atoms with Crippen molar-refractivity contribution >= 4 is 16.8 Å². The molecule has 0 saturated carbocycles. The van der Waals surface area contributed by atoms with Crippen LogP contribution in [-0.4, -0.2) is 40.0 Å². The predicted molar refractivity (Wildman–Crippen MR) is 90.9 cm³/mol. The normalized spacial score (nSPS) is 17.2. The molecule has 1 amide bonds. The van der Waals surface area contributed by atoms with Gasteiger partial charge in [-0.3, -0.25) is 14.8 Å². The Morgan fingerprint density at radius 2 is 1.92 bits per heavy atom. The predicted octanol–water partition coefficient (Wildman–Crippen LogP) is 2.92. The summed E-state index contributed by atoms with van der Waals surface area (Å²) >= 11 is 0. The number of likely N-dealkylation sites (tertiary alicyclic amines) is 1. The maximum Gasteiger partial charge on any atom is 0.272 e. The number of hydrogen-bond acceptors (Lipinski definition) is 4. The molecule has 1 saturated heterocycles. The molecule has 1 aliphatic heterocycles. The van der Waals surface area contributed by atoms with E-state index in [0.29, 0.717) is 18.8 Å².